The molecule has 0 amide bonds. The van der Waals surface area contributed by atoms with Gasteiger partial charge in [0.05, 0.1) is 11.5 Å². The molecular weight excluding hydrogens is 146 g/mol. The summed E-state index contributed by atoms with van der Waals surface area (Å²) in [7, 11) is 0. The fourth-order valence-electron chi connectivity index (χ4n) is 0.704. The number of nitro benzene ring substituents is 1. The van der Waals surface area contributed by atoms with Crippen molar-refractivity contribution < 1.29 is 10.0 Å². The fourth-order valence-corrected chi connectivity index (χ4v) is 0.704. The van der Waals surface area contributed by atoms with E-state index in [0.717, 1.165) is 0 Å². The van der Waals surface area contributed by atoms with Gasteiger partial charge in [-0.2, -0.15) is 0 Å². The number of aliphatic hydroxyl groups excluding tert-OH is 1. The lowest BCUT2D eigenvalue weighted by Crippen LogP contribution is -1.89. The third-order valence-corrected chi connectivity index (χ3v) is 1.23. The molecule has 1 N–H and O–H groups in total. The molecule has 0 fully saturated rings. The first-order valence-corrected chi connectivity index (χ1v) is 2.99. The van der Waals surface area contributed by atoms with Gasteiger partial charge in [0.2, 0.25) is 0 Å². The summed E-state index contributed by atoms with van der Waals surface area (Å²) in [6.07, 6.45) is 0. The smallest absolute Gasteiger partial charge is 0.270 e. The number of benzene rings is 1. The number of hydrogen-bond donors (Lipinski definition) is 1. The first-order chi connectivity index (χ1) is 5.24. The minimum absolute atomic E-state index is 0.0449. The van der Waals surface area contributed by atoms with Crippen molar-refractivity contribution in [3.8, 4) is 0 Å². The zero-order chi connectivity index (χ0) is 8.27. The van der Waals surface area contributed by atoms with Crippen molar-refractivity contribution in [1.29, 1.82) is 0 Å². The Morgan fingerprint density at radius 1 is 1.64 bits per heavy atom. The van der Waals surface area contributed by atoms with Gasteiger partial charge in [-0.15, -0.1) is 0 Å². The molecule has 1 rings (SSSR count). The number of nitrogens with zero attached hydrogens (tertiary/aromatic N) is 1. The molecule has 0 unspecified atom stereocenters. The van der Waals surface area contributed by atoms with Gasteiger partial charge in [-0.25, -0.2) is 0 Å². The van der Waals surface area contributed by atoms with Crippen LogP contribution in [0.15, 0.2) is 18.2 Å². The first kappa shape index (κ1) is 7.68. The van der Waals surface area contributed by atoms with Gasteiger partial charge in [0.15, 0.2) is 0 Å². The van der Waals surface area contributed by atoms with E-state index in [1.165, 1.54) is 18.2 Å². The molecule has 0 heterocycles. The second kappa shape index (κ2) is 3.12. The van der Waals surface area contributed by atoms with Crippen LogP contribution >= 0.6 is 0 Å². The normalized spacial score (nSPS) is 9.55. The minimum atomic E-state index is -0.518. The van der Waals surface area contributed by atoms with Crippen molar-refractivity contribution in [3.05, 3.63) is 39.9 Å². The molecule has 0 saturated carbocycles. The monoisotopic (exact) mass is 152 g/mol. The number of nitro groups is 1. The van der Waals surface area contributed by atoms with Gasteiger partial charge in [-0.1, -0.05) is 0 Å². The van der Waals surface area contributed by atoms with Crippen molar-refractivity contribution in [1.82, 2.24) is 0 Å². The van der Waals surface area contributed by atoms with Crippen molar-refractivity contribution >= 4 is 5.69 Å². The summed E-state index contributed by atoms with van der Waals surface area (Å²) in [4.78, 5) is 9.65. The quantitative estimate of drug-likeness (QED) is 0.505. The van der Waals surface area contributed by atoms with Crippen LogP contribution in [0.4, 0.5) is 5.69 Å². The summed E-state index contributed by atoms with van der Waals surface area (Å²) < 4.78 is 0. The largest absolute Gasteiger partial charge is 0.392 e. The van der Waals surface area contributed by atoms with Gasteiger partial charge in [-0.3, -0.25) is 10.1 Å². The van der Waals surface area contributed by atoms with Crippen LogP contribution < -0.4 is 0 Å². The second-order valence-electron chi connectivity index (χ2n) is 2.01. The topological polar surface area (TPSA) is 63.4 Å². The van der Waals surface area contributed by atoms with Crippen LogP contribution in [0.25, 0.3) is 0 Å². The summed E-state index contributed by atoms with van der Waals surface area (Å²) >= 11 is 0. The molecule has 0 aliphatic carbocycles. The molecule has 0 atom stereocenters. The highest BCUT2D eigenvalue weighted by Crippen LogP contribution is 2.11. The lowest BCUT2D eigenvalue weighted by atomic mass is 10.2. The zero-order valence-corrected chi connectivity index (χ0v) is 5.65. The van der Waals surface area contributed by atoms with Gasteiger partial charge >= 0.3 is 0 Å². The molecule has 0 spiro atoms. The Hall–Kier alpha value is -1.42. The van der Waals surface area contributed by atoms with Crippen LogP contribution in [0, 0.1) is 16.2 Å². The lowest BCUT2D eigenvalue weighted by molar-refractivity contribution is -0.385. The molecule has 0 saturated heterocycles. The van der Waals surface area contributed by atoms with E-state index in [9.17, 15) is 10.1 Å². The van der Waals surface area contributed by atoms with Crippen LogP contribution in [0.1, 0.15) is 5.56 Å². The predicted molar refractivity (Wildman–Crippen MR) is 37.9 cm³/mol. The van der Waals surface area contributed by atoms with Gasteiger partial charge < -0.3 is 5.11 Å². The van der Waals surface area contributed by atoms with Gasteiger partial charge in [0.1, 0.15) is 0 Å². The fraction of sp³-hybridized carbons (Fsp3) is 0.143. The average molecular weight is 152 g/mol. The van der Waals surface area contributed by atoms with Crippen molar-refractivity contribution in [2.45, 2.75) is 6.61 Å². The lowest BCUT2D eigenvalue weighted by Gasteiger charge is -1.93. The molecule has 57 valence electrons. The third kappa shape index (κ3) is 1.75. The van der Waals surface area contributed by atoms with E-state index in [1.54, 1.807) is 0 Å². The molecule has 0 aliphatic rings. The number of non-ortho nitro benzene ring substituents is 1. The maximum absolute atomic E-state index is 10.2. The van der Waals surface area contributed by atoms with E-state index in [0.29, 0.717) is 5.56 Å². The number of aliphatic hydroxyl groups is 1. The van der Waals surface area contributed by atoms with E-state index < -0.39 is 4.92 Å². The van der Waals surface area contributed by atoms with E-state index in [4.69, 9.17) is 5.11 Å². The number of hydrogen-bond acceptors (Lipinski definition) is 3. The highest BCUT2D eigenvalue weighted by Gasteiger charge is 2.03. The minimum Gasteiger partial charge on any atom is -0.392 e. The Balaban J connectivity index is 3.01. The van der Waals surface area contributed by atoms with Crippen molar-refractivity contribution in [2.24, 2.45) is 0 Å². The molecule has 1 aromatic rings. The maximum Gasteiger partial charge on any atom is 0.270 e. The second-order valence-corrected chi connectivity index (χ2v) is 2.01. The third-order valence-electron chi connectivity index (χ3n) is 1.23. The highest BCUT2D eigenvalue weighted by atomic mass is 16.6. The molecule has 4 heteroatoms. The Bertz CT molecular complexity index is 272. The molecule has 0 bridgehead atoms. The van der Waals surface area contributed by atoms with E-state index in [1.807, 2.05) is 0 Å². The first-order valence-electron chi connectivity index (χ1n) is 2.99. The average Bonchev–Trinajstić information content (AvgIpc) is 2.05. The van der Waals surface area contributed by atoms with Crippen LogP contribution in [0.3, 0.4) is 0 Å². The van der Waals surface area contributed by atoms with Crippen LogP contribution in [-0.4, -0.2) is 10.0 Å². The Kier molecular flexibility index (Phi) is 2.18. The highest BCUT2D eigenvalue weighted by molar-refractivity contribution is 5.33. The SMILES string of the molecule is O=[N+]([O-])c1c[c]cc(CO)c1. The van der Waals surface area contributed by atoms with Crippen molar-refractivity contribution in [3.63, 3.8) is 0 Å². The summed E-state index contributed by atoms with van der Waals surface area (Å²) in [6, 6.07) is 6.65. The van der Waals surface area contributed by atoms with E-state index in [2.05, 4.69) is 6.07 Å². The van der Waals surface area contributed by atoms with Crippen LogP contribution in [0.5, 0.6) is 0 Å². The molecule has 0 aliphatic heterocycles. The molecule has 1 aromatic carbocycles. The van der Waals surface area contributed by atoms with E-state index in [-0.39, 0.29) is 12.3 Å². The Labute approximate surface area is 63.2 Å². The summed E-state index contributed by atoms with van der Waals surface area (Å²) in [5.41, 5.74) is 0.454. The maximum atomic E-state index is 10.2. The van der Waals surface area contributed by atoms with E-state index >= 15 is 0 Å². The van der Waals surface area contributed by atoms with Crippen LogP contribution in [0.2, 0.25) is 0 Å². The predicted octanol–water partition coefficient (Wildman–Crippen LogP) is 0.887. The molecule has 0 aromatic heterocycles. The molecular formula is C7H6NO3. The summed E-state index contributed by atoms with van der Waals surface area (Å²) in [5, 5.41) is 18.8. The van der Waals surface area contributed by atoms with Gasteiger partial charge in [0, 0.05) is 12.1 Å². The van der Waals surface area contributed by atoms with Gasteiger partial charge in [0.25, 0.3) is 5.69 Å². The van der Waals surface area contributed by atoms with Crippen molar-refractivity contribution in [2.75, 3.05) is 0 Å². The van der Waals surface area contributed by atoms with Gasteiger partial charge in [-0.05, 0) is 17.7 Å². The van der Waals surface area contributed by atoms with Crippen LogP contribution in [-0.2, 0) is 6.61 Å². The zero-order valence-electron chi connectivity index (χ0n) is 5.65. The number of rotatable bonds is 2. The summed E-state index contributed by atoms with van der Waals surface area (Å²) in [5.74, 6) is 0. The standard InChI is InChI=1S/C7H6NO3/c9-5-6-2-1-3-7(4-6)8(10)11/h2-4,9H,5H2. The Morgan fingerprint density at radius 2 is 2.36 bits per heavy atom. The summed E-state index contributed by atoms with van der Waals surface area (Å²) in [6.45, 7) is -0.196. The molecule has 4 nitrogen and oxygen atoms in total. The molecule has 1 radical (unpaired) electrons. The molecule has 11 heavy (non-hydrogen) atoms. The Morgan fingerprint density at radius 3 is 2.91 bits per heavy atom.